The molecule has 24 heavy (non-hydrogen) atoms. The van der Waals surface area contributed by atoms with Crippen molar-refractivity contribution >= 4 is 34.8 Å². The Morgan fingerprint density at radius 1 is 1.04 bits per heavy atom. The highest BCUT2D eigenvalue weighted by molar-refractivity contribution is 6.48. The summed E-state index contributed by atoms with van der Waals surface area (Å²) in [6, 6.07) is 11.8. The van der Waals surface area contributed by atoms with Gasteiger partial charge < -0.3 is 11.1 Å². The largest absolute Gasteiger partial charge is 0.399 e. The molecule has 6 nitrogen and oxygen atoms in total. The van der Waals surface area contributed by atoms with Crippen molar-refractivity contribution in [3.05, 3.63) is 53.6 Å². The van der Waals surface area contributed by atoms with Crippen LogP contribution in [0.4, 0.5) is 17.1 Å². The number of anilines is 3. The van der Waals surface area contributed by atoms with E-state index in [4.69, 9.17) is 5.73 Å². The van der Waals surface area contributed by atoms with Crippen LogP contribution in [0.1, 0.15) is 18.1 Å². The molecule has 124 valence electrons. The summed E-state index contributed by atoms with van der Waals surface area (Å²) < 4.78 is 0. The summed E-state index contributed by atoms with van der Waals surface area (Å²) in [5.41, 5.74) is 8.62. The Bertz CT molecular complexity index is 815. The van der Waals surface area contributed by atoms with Crippen LogP contribution in [0.3, 0.4) is 0 Å². The Balaban J connectivity index is 2.28. The second kappa shape index (κ2) is 6.95. The van der Waals surface area contributed by atoms with Gasteiger partial charge in [-0.3, -0.25) is 14.4 Å². The highest BCUT2D eigenvalue weighted by atomic mass is 16.2. The van der Waals surface area contributed by atoms with Gasteiger partial charge in [-0.1, -0.05) is 18.2 Å². The van der Waals surface area contributed by atoms with Crippen molar-refractivity contribution in [3.8, 4) is 0 Å². The molecule has 0 aliphatic rings. The van der Waals surface area contributed by atoms with E-state index in [9.17, 15) is 14.4 Å². The van der Waals surface area contributed by atoms with Gasteiger partial charge in [-0.15, -0.1) is 0 Å². The van der Waals surface area contributed by atoms with Gasteiger partial charge in [0.25, 0.3) is 0 Å². The van der Waals surface area contributed by atoms with Crippen LogP contribution in [-0.2, 0) is 14.4 Å². The molecule has 0 saturated heterocycles. The SMILES string of the molecule is CC(=O)N(C(=O)C(=O)Nc1cc(C)ccc1C)c1cccc(N)c1. The minimum absolute atomic E-state index is 0.253. The van der Waals surface area contributed by atoms with Crippen molar-refractivity contribution in [1.29, 1.82) is 0 Å². The number of hydrogen-bond acceptors (Lipinski definition) is 4. The second-order valence-corrected chi connectivity index (χ2v) is 5.53. The number of rotatable bonds is 2. The average molecular weight is 325 g/mol. The molecule has 2 rings (SSSR count). The number of aryl methyl sites for hydroxylation is 2. The van der Waals surface area contributed by atoms with Gasteiger partial charge in [-0.2, -0.15) is 0 Å². The molecule has 0 aliphatic heterocycles. The standard InChI is InChI=1S/C18H19N3O3/c1-11-7-8-12(2)16(9-11)20-17(23)18(24)21(13(3)22)15-6-4-5-14(19)10-15/h4-10H,19H2,1-3H3,(H,20,23). The van der Waals surface area contributed by atoms with Gasteiger partial charge >= 0.3 is 11.8 Å². The number of nitrogen functional groups attached to an aromatic ring is 1. The zero-order chi connectivity index (χ0) is 17.9. The van der Waals surface area contributed by atoms with Crippen LogP contribution in [0.2, 0.25) is 0 Å². The number of benzene rings is 2. The molecular weight excluding hydrogens is 306 g/mol. The first-order valence-corrected chi connectivity index (χ1v) is 7.38. The van der Waals surface area contributed by atoms with Crippen molar-refractivity contribution in [2.24, 2.45) is 0 Å². The smallest absolute Gasteiger partial charge is 0.323 e. The van der Waals surface area contributed by atoms with E-state index < -0.39 is 17.7 Å². The fourth-order valence-corrected chi connectivity index (χ4v) is 2.25. The molecule has 6 heteroatoms. The number of nitrogens with two attached hydrogens (primary N) is 1. The average Bonchev–Trinajstić information content (AvgIpc) is 2.50. The predicted octanol–water partition coefficient (Wildman–Crippen LogP) is 2.40. The van der Waals surface area contributed by atoms with Crippen molar-refractivity contribution in [3.63, 3.8) is 0 Å². The normalized spacial score (nSPS) is 10.1. The summed E-state index contributed by atoms with van der Waals surface area (Å²) >= 11 is 0. The van der Waals surface area contributed by atoms with E-state index in [1.165, 1.54) is 13.0 Å². The van der Waals surface area contributed by atoms with Crippen LogP contribution in [0.25, 0.3) is 0 Å². The van der Waals surface area contributed by atoms with Crippen LogP contribution >= 0.6 is 0 Å². The maximum atomic E-state index is 12.4. The zero-order valence-corrected chi connectivity index (χ0v) is 13.8. The van der Waals surface area contributed by atoms with Crippen molar-refractivity contribution < 1.29 is 14.4 Å². The number of hydrogen-bond donors (Lipinski definition) is 2. The lowest BCUT2D eigenvalue weighted by Gasteiger charge is -2.19. The molecule has 0 spiro atoms. The van der Waals surface area contributed by atoms with Gasteiger partial charge in [0.1, 0.15) is 0 Å². The van der Waals surface area contributed by atoms with Crippen LogP contribution in [-0.4, -0.2) is 17.7 Å². The van der Waals surface area contributed by atoms with Gasteiger partial charge in [0.05, 0.1) is 5.69 Å². The minimum Gasteiger partial charge on any atom is -0.399 e. The van der Waals surface area contributed by atoms with E-state index >= 15 is 0 Å². The topological polar surface area (TPSA) is 92.5 Å². The Morgan fingerprint density at radius 2 is 1.75 bits per heavy atom. The van der Waals surface area contributed by atoms with Crippen molar-refractivity contribution in [2.45, 2.75) is 20.8 Å². The molecule has 0 fully saturated rings. The summed E-state index contributed by atoms with van der Waals surface area (Å²) in [5, 5.41) is 2.56. The first kappa shape index (κ1) is 17.2. The molecule has 2 aromatic carbocycles. The quantitative estimate of drug-likeness (QED) is 0.655. The van der Waals surface area contributed by atoms with E-state index in [1.54, 1.807) is 24.3 Å². The lowest BCUT2D eigenvalue weighted by atomic mass is 10.1. The summed E-state index contributed by atoms with van der Waals surface area (Å²) in [4.78, 5) is 37.4. The van der Waals surface area contributed by atoms with E-state index in [1.807, 2.05) is 26.0 Å². The summed E-state index contributed by atoms with van der Waals surface area (Å²) in [5.74, 6) is -2.42. The summed E-state index contributed by atoms with van der Waals surface area (Å²) in [6.07, 6.45) is 0. The Labute approximate surface area is 140 Å². The minimum atomic E-state index is -0.964. The number of carbonyl (C=O) groups is 3. The number of carbonyl (C=O) groups excluding carboxylic acids is 3. The van der Waals surface area contributed by atoms with Gasteiger partial charge in [0.15, 0.2) is 0 Å². The Hall–Kier alpha value is -3.15. The number of amides is 3. The van der Waals surface area contributed by atoms with Crippen molar-refractivity contribution in [2.75, 3.05) is 16.0 Å². The first-order valence-electron chi connectivity index (χ1n) is 7.38. The van der Waals surface area contributed by atoms with Crippen LogP contribution < -0.4 is 16.0 Å². The van der Waals surface area contributed by atoms with Crippen LogP contribution in [0, 0.1) is 13.8 Å². The summed E-state index contributed by atoms with van der Waals surface area (Å²) in [7, 11) is 0. The zero-order valence-electron chi connectivity index (χ0n) is 13.8. The molecule has 0 unspecified atom stereocenters. The van der Waals surface area contributed by atoms with E-state index in [-0.39, 0.29) is 5.69 Å². The molecular formula is C18H19N3O3. The lowest BCUT2D eigenvalue weighted by Crippen LogP contribution is -2.42. The molecule has 0 aromatic heterocycles. The third kappa shape index (κ3) is 3.78. The van der Waals surface area contributed by atoms with E-state index in [0.717, 1.165) is 16.0 Å². The predicted molar refractivity (Wildman–Crippen MR) is 93.6 cm³/mol. The fourth-order valence-electron chi connectivity index (χ4n) is 2.25. The Morgan fingerprint density at radius 3 is 2.38 bits per heavy atom. The molecule has 0 heterocycles. The van der Waals surface area contributed by atoms with Crippen molar-refractivity contribution in [1.82, 2.24) is 0 Å². The van der Waals surface area contributed by atoms with Crippen LogP contribution in [0.5, 0.6) is 0 Å². The van der Waals surface area contributed by atoms with Gasteiger partial charge in [0, 0.05) is 18.3 Å². The Kier molecular flexibility index (Phi) is 4.99. The lowest BCUT2D eigenvalue weighted by molar-refractivity contribution is -0.136. The van der Waals surface area contributed by atoms with Gasteiger partial charge in [-0.05, 0) is 49.2 Å². The number of nitrogens with one attached hydrogen (secondary N) is 1. The summed E-state index contributed by atoms with van der Waals surface area (Å²) in [6.45, 7) is 4.91. The molecule has 2 aromatic rings. The third-order valence-corrected chi connectivity index (χ3v) is 3.48. The van der Waals surface area contributed by atoms with Gasteiger partial charge in [0.2, 0.25) is 5.91 Å². The molecule has 3 amide bonds. The van der Waals surface area contributed by atoms with Crippen LogP contribution in [0.15, 0.2) is 42.5 Å². The highest BCUT2D eigenvalue weighted by Gasteiger charge is 2.27. The molecule has 0 saturated carbocycles. The van der Waals surface area contributed by atoms with Gasteiger partial charge in [-0.25, -0.2) is 4.90 Å². The monoisotopic (exact) mass is 325 g/mol. The molecule has 0 atom stereocenters. The second-order valence-electron chi connectivity index (χ2n) is 5.53. The molecule has 0 bridgehead atoms. The highest BCUT2D eigenvalue weighted by Crippen LogP contribution is 2.20. The van der Waals surface area contributed by atoms with E-state index in [0.29, 0.717) is 11.4 Å². The fraction of sp³-hybridized carbons (Fsp3) is 0.167. The third-order valence-electron chi connectivity index (χ3n) is 3.48. The maximum absolute atomic E-state index is 12.4. The number of imide groups is 1. The molecule has 0 radical (unpaired) electrons. The number of nitrogens with zero attached hydrogens (tertiary/aromatic N) is 1. The maximum Gasteiger partial charge on any atom is 0.323 e. The molecule has 0 aliphatic carbocycles. The first-order chi connectivity index (χ1) is 11.3. The molecule has 3 N–H and O–H groups in total. The van der Waals surface area contributed by atoms with E-state index in [2.05, 4.69) is 5.32 Å².